The maximum atomic E-state index is 12.3. The number of nitrogens with zero attached hydrogens (tertiary/aromatic N) is 1. The van der Waals surface area contributed by atoms with E-state index in [1.807, 2.05) is 13.0 Å². The van der Waals surface area contributed by atoms with E-state index in [2.05, 4.69) is 23.5 Å². The van der Waals surface area contributed by atoms with Crippen LogP contribution in [0.25, 0.3) is 0 Å². The van der Waals surface area contributed by atoms with Crippen molar-refractivity contribution in [3.63, 3.8) is 0 Å². The summed E-state index contributed by atoms with van der Waals surface area (Å²) in [6.45, 7) is 8.85. The van der Waals surface area contributed by atoms with E-state index in [-0.39, 0.29) is 10.9 Å². The van der Waals surface area contributed by atoms with Crippen molar-refractivity contribution in [2.24, 2.45) is 5.73 Å². The maximum Gasteiger partial charge on any atom is 0.240 e. The Hall–Kier alpha value is -0.950. The third kappa shape index (κ3) is 4.86. The second kappa shape index (κ2) is 7.73. The molecule has 1 atom stereocenters. The standard InChI is InChI=1S/C14H25N3O2S/c1-4-17(5-2)11-12(3)16-20(18,19)14-8-6-7-13(9-14)10-15/h6-9,12,16H,4-5,10-11,15H2,1-3H3. The molecule has 114 valence electrons. The van der Waals surface area contributed by atoms with Gasteiger partial charge in [0.15, 0.2) is 0 Å². The fourth-order valence-corrected chi connectivity index (χ4v) is 3.38. The van der Waals surface area contributed by atoms with Gasteiger partial charge in [-0.25, -0.2) is 13.1 Å². The summed E-state index contributed by atoms with van der Waals surface area (Å²) in [4.78, 5) is 2.45. The zero-order valence-corrected chi connectivity index (χ0v) is 13.3. The molecule has 1 unspecified atom stereocenters. The number of benzene rings is 1. The van der Waals surface area contributed by atoms with Crippen molar-refractivity contribution < 1.29 is 8.42 Å². The smallest absolute Gasteiger partial charge is 0.240 e. The zero-order valence-electron chi connectivity index (χ0n) is 12.5. The number of rotatable bonds is 8. The number of hydrogen-bond donors (Lipinski definition) is 2. The predicted molar refractivity (Wildman–Crippen MR) is 81.9 cm³/mol. The van der Waals surface area contributed by atoms with Crippen molar-refractivity contribution in [2.75, 3.05) is 19.6 Å². The van der Waals surface area contributed by atoms with Gasteiger partial charge in [-0.15, -0.1) is 0 Å². The first-order valence-electron chi connectivity index (χ1n) is 6.96. The third-order valence-electron chi connectivity index (χ3n) is 3.23. The molecule has 20 heavy (non-hydrogen) atoms. The SMILES string of the molecule is CCN(CC)CC(C)NS(=O)(=O)c1cccc(CN)c1. The minimum atomic E-state index is -3.49. The van der Waals surface area contributed by atoms with E-state index in [0.29, 0.717) is 13.1 Å². The second-order valence-electron chi connectivity index (χ2n) is 4.86. The fourth-order valence-electron chi connectivity index (χ4n) is 2.08. The average Bonchev–Trinajstić information content (AvgIpc) is 2.44. The van der Waals surface area contributed by atoms with Crippen molar-refractivity contribution in [3.05, 3.63) is 29.8 Å². The lowest BCUT2D eigenvalue weighted by Gasteiger charge is -2.23. The summed E-state index contributed by atoms with van der Waals surface area (Å²) in [5.41, 5.74) is 6.35. The van der Waals surface area contributed by atoms with E-state index in [4.69, 9.17) is 5.73 Å². The Bertz CT molecular complexity index is 513. The number of nitrogens with two attached hydrogens (primary N) is 1. The van der Waals surface area contributed by atoms with Crippen LogP contribution in [0.3, 0.4) is 0 Å². The van der Waals surface area contributed by atoms with Crippen molar-refractivity contribution >= 4 is 10.0 Å². The molecule has 1 aromatic carbocycles. The maximum absolute atomic E-state index is 12.3. The molecule has 0 aliphatic heterocycles. The molecule has 1 rings (SSSR count). The van der Waals surface area contributed by atoms with Crippen molar-refractivity contribution in [2.45, 2.75) is 38.3 Å². The summed E-state index contributed by atoms with van der Waals surface area (Å²) in [6.07, 6.45) is 0. The van der Waals surface area contributed by atoms with Gasteiger partial charge in [0.2, 0.25) is 10.0 Å². The van der Waals surface area contributed by atoms with Crippen LogP contribution in [-0.2, 0) is 16.6 Å². The van der Waals surface area contributed by atoms with E-state index >= 15 is 0 Å². The Kier molecular flexibility index (Phi) is 6.61. The predicted octanol–water partition coefficient (Wildman–Crippen LogP) is 1.15. The fraction of sp³-hybridized carbons (Fsp3) is 0.571. The highest BCUT2D eigenvalue weighted by Gasteiger charge is 2.18. The minimum absolute atomic E-state index is 0.138. The molecule has 6 heteroatoms. The Morgan fingerprint density at radius 2 is 1.95 bits per heavy atom. The Morgan fingerprint density at radius 1 is 1.30 bits per heavy atom. The molecule has 0 amide bonds. The van der Waals surface area contributed by atoms with Gasteiger partial charge in [0.1, 0.15) is 0 Å². The van der Waals surface area contributed by atoms with Crippen LogP contribution in [0.2, 0.25) is 0 Å². The largest absolute Gasteiger partial charge is 0.326 e. The van der Waals surface area contributed by atoms with Crippen LogP contribution in [0.1, 0.15) is 26.3 Å². The van der Waals surface area contributed by atoms with Crippen molar-refractivity contribution in [3.8, 4) is 0 Å². The molecule has 0 radical (unpaired) electrons. The highest BCUT2D eigenvalue weighted by molar-refractivity contribution is 7.89. The van der Waals surface area contributed by atoms with Crippen LogP contribution in [-0.4, -0.2) is 39.0 Å². The number of likely N-dealkylation sites (N-methyl/N-ethyl adjacent to an activating group) is 1. The van der Waals surface area contributed by atoms with Crippen molar-refractivity contribution in [1.29, 1.82) is 0 Å². The zero-order chi connectivity index (χ0) is 15.2. The number of hydrogen-bond acceptors (Lipinski definition) is 4. The van der Waals surface area contributed by atoms with Gasteiger partial charge in [-0.05, 0) is 37.7 Å². The Morgan fingerprint density at radius 3 is 2.50 bits per heavy atom. The molecule has 1 aromatic rings. The lowest BCUT2D eigenvalue weighted by Crippen LogP contribution is -2.41. The molecule has 3 N–H and O–H groups in total. The number of nitrogens with one attached hydrogen (secondary N) is 1. The van der Waals surface area contributed by atoms with E-state index in [0.717, 1.165) is 18.7 Å². The summed E-state index contributed by atoms with van der Waals surface area (Å²) in [7, 11) is -3.49. The first-order valence-corrected chi connectivity index (χ1v) is 8.45. The molecule has 0 aliphatic rings. The molecule has 5 nitrogen and oxygen atoms in total. The molecule has 0 spiro atoms. The van der Waals surface area contributed by atoms with E-state index in [9.17, 15) is 8.42 Å². The van der Waals surface area contributed by atoms with Crippen LogP contribution in [0, 0.1) is 0 Å². The van der Waals surface area contributed by atoms with Gasteiger partial charge in [-0.3, -0.25) is 0 Å². The van der Waals surface area contributed by atoms with E-state index in [1.165, 1.54) is 0 Å². The summed E-state index contributed by atoms with van der Waals surface area (Å²) >= 11 is 0. The molecule has 0 bridgehead atoms. The quantitative estimate of drug-likeness (QED) is 0.755. The molecule has 0 heterocycles. The van der Waals surface area contributed by atoms with Crippen molar-refractivity contribution in [1.82, 2.24) is 9.62 Å². The van der Waals surface area contributed by atoms with Gasteiger partial charge in [0.25, 0.3) is 0 Å². The molecule has 0 saturated carbocycles. The third-order valence-corrected chi connectivity index (χ3v) is 4.81. The molecule has 0 aromatic heterocycles. The van der Waals surface area contributed by atoms with Crippen LogP contribution in [0.4, 0.5) is 0 Å². The first-order chi connectivity index (χ1) is 9.42. The molecule has 0 fully saturated rings. The average molecular weight is 299 g/mol. The summed E-state index contributed by atoms with van der Waals surface area (Å²) in [5, 5.41) is 0. The van der Waals surface area contributed by atoms with Crippen LogP contribution >= 0.6 is 0 Å². The summed E-state index contributed by atoms with van der Waals surface area (Å²) in [5.74, 6) is 0. The Labute approximate surface area is 122 Å². The van der Waals surface area contributed by atoms with Crippen LogP contribution < -0.4 is 10.5 Å². The number of sulfonamides is 1. The van der Waals surface area contributed by atoms with E-state index < -0.39 is 10.0 Å². The van der Waals surface area contributed by atoms with Gasteiger partial charge in [0, 0.05) is 19.1 Å². The van der Waals surface area contributed by atoms with Gasteiger partial charge < -0.3 is 10.6 Å². The first kappa shape index (κ1) is 17.1. The van der Waals surface area contributed by atoms with Gasteiger partial charge in [0.05, 0.1) is 4.90 Å². The monoisotopic (exact) mass is 299 g/mol. The van der Waals surface area contributed by atoms with Gasteiger partial charge in [-0.2, -0.15) is 0 Å². The van der Waals surface area contributed by atoms with Gasteiger partial charge >= 0.3 is 0 Å². The normalized spacial score (nSPS) is 13.7. The summed E-state index contributed by atoms with van der Waals surface area (Å²) < 4.78 is 27.3. The molecular formula is C14H25N3O2S. The second-order valence-corrected chi connectivity index (χ2v) is 6.57. The lowest BCUT2D eigenvalue weighted by atomic mass is 10.2. The highest BCUT2D eigenvalue weighted by atomic mass is 32.2. The van der Waals surface area contributed by atoms with Crippen LogP contribution in [0.5, 0.6) is 0 Å². The minimum Gasteiger partial charge on any atom is -0.326 e. The summed E-state index contributed by atoms with van der Waals surface area (Å²) in [6, 6.07) is 6.60. The molecular weight excluding hydrogens is 274 g/mol. The van der Waals surface area contributed by atoms with Crippen LogP contribution in [0.15, 0.2) is 29.2 Å². The lowest BCUT2D eigenvalue weighted by molar-refractivity contribution is 0.282. The topological polar surface area (TPSA) is 75.4 Å². The van der Waals surface area contributed by atoms with E-state index in [1.54, 1.807) is 18.2 Å². The molecule has 0 saturated heterocycles. The molecule has 0 aliphatic carbocycles. The highest BCUT2D eigenvalue weighted by Crippen LogP contribution is 2.12. The Balaban J connectivity index is 2.78. The van der Waals surface area contributed by atoms with Gasteiger partial charge in [-0.1, -0.05) is 26.0 Å².